The van der Waals surface area contributed by atoms with Gasteiger partial charge in [-0.3, -0.25) is 0 Å². The topological polar surface area (TPSA) is 18.5 Å². The van der Waals surface area contributed by atoms with Gasteiger partial charge in [0, 0.05) is 12.7 Å². The SMILES string of the molecule is CCCCCCCCCCCCCCCC(C)O[SiH]1CCCCO1. The van der Waals surface area contributed by atoms with Crippen LogP contribution in [0.2, 0.25) is 6.04 Å². The van der Waals surface area contributed by atoms with E-state index in [1.165, 1.54) is 109 Å². The van der Waals surface area contributed by atoms with E-state index in [9.17, 15) is 0 Å². The van der Waals surface area contributed by atoms with Gasteiger partial charge in [-0.25, -0.2) is 0 Å². The van der Waals surface area contributed by atoms with E-state index in [4.69, 9.17) is 8.85 Å². The molecule has 0 aromatic rings. The van der Waals surface area contributed by atoms with Crippen LogP contribution >= 0.6 is 0 Å². The number of unbranched alkanes of at least 4 members (excludes halogenated alkanes) is 12. The highest BCUT2D eigenvalue weighted by Gasteiger charge is 2.19. The van der Waals surface area contributed by atoms with Crippen molar-refractivity contribution in [3.05, 3.63) is 0 Å². The van der Waals surface area contributed by atoms with Gasteiger partial charge in [0.1, 0.15) is 0 Å². The molecule has 24 heavy (non-hydrogen) atoms. The standard InChI is InChI=1S/C21H44O2Si/c1-3-4-5-6-7-8-9-10-11-12-13-14-15-18-21(2)23-24-20-17-16-19-22-24/h21,24H,3-20H2,1-2H3. The summed E-state index contributed by atoms with van der Waals surface area (Å²) in [7, 11) is -1.28. The van der Waals surface area contributed by atoms with Gasteiger partial charge in [0.05, 0.1) is 0 Å². The van der Waals surface area contributed by atoms with Gasteiger partial charge in [-0.1, -0.05) is 90.4 Å². The zero-order valence-corrected chi connectivity index (χ0v) is 17.9. The van der Waals surface area contributed by atoms with Crippen molar-refractivity contribution in [2.45, 2.75) is 129 Å². The van der Waals surface area contributed by atoms with Crippen molar-refractivity contribution < 1.29 is 8.85 Å². The van der Waals surface area contributed by atoms with E-state index in [0.717, 1.165) is 6.61 Å². The van der Waals surface area contributed by atoms with Crippen molar-refractivity contribution in [2.24, 2.45) is 0 Å². The number of hydrogen-bond acceptors (Lipinski definition) is 2. The second-order valence-corrected chi connectivity index (χ2v) is 9.82. The second-order valence-electron chi connectivity index (χ2n) is 7.77. The monoisotopic (exact) mass is 356 g/mol. The van der Waals surface area contributed by atoms with Crippen LogP contribution in [0.4, 0.5) is 0 Å². The molecule has 0 N–H and O–H groups in total. The summed E-state index contributed by atoms with van der Waals surface area (Å²) in [5, 5.41) is 0. The predicted molar refractivity (Wildman–Crippen MR) is 108 cm³/mol. The molecule has 0 saturated carbocycles. The first-order valence-corrected chi connectivity index (χ1v) is 12.9. The zero-order valence-electron chi connectivity index (χ0n) is 16.7. The average molecular weight is 357 g/mol. The zero-order chi connectivity index (χ0) is 17.3. The lowest BCUT2D eigenvalue weighted by molar-refractivity contribution is 0.126. The van der Waals surface area contributed by atoms with Gasteiger partial charge >= 0.3 is 9.28 Å². The molecule has 3 heteroatoms. The van der Waals surface area contributed by atoms with Crippen molar-refractivity contribution in [1.82, 2.24) is 0 Å². The van der Waals surface area contributed by atoms with Crippen molar-refractivity contribution in [2.75, 3.05) is 6.61 Å². The van der Waals surface area contributed by atoms with Crippen LogP contribution < -0.4 is 0 Å². The molecule has 0 spiro atoms. The molecule has 2 unspecified atom stereocenters. The molecule has 0 aliphatic carbocycles. The normalized spacial score (nSPS) is 19.5. The Bertz CT molecular complexity index is 254. The van der Waals surface area contributed by atoms with E-state index >= 15 is 0 Å². The Kier molecular flexibility index (Phi) is 15.3. The molecule has 2 atom stereocenters. The van der Waals surface area contributed by atoms with Crippen LogP contribution in [0.3, 0.4) is 0 Å². The lowest BCUT2D eigenvalue weighted by Crippen LogP contribution is -2.30. The molecule has 1 rings (SSSR count). The van der Waals surface area contributed by atoms with Gasteiger partial charge in [0.25, 0.3) is 0 Å². The first kappa shape index (κ1) is 22.2. The number of rotatable bonds is 16. The van der Waals surface area contributed by atoms with Gasteiger partial charge in [-0.15, -0.1) is 0 Å². The Hall–Kier alpha value is 0.137. The minimum Gasteiger partial charge on any atom is -0.397 e. The summed E-state index contributed by atoms with van der Waals surface area (Å²) in [6.07, 6.45) is 22.8. The van der Waals surface area contributed by atoms with Crippen LogP contribution in [0, 0.1) is 0 Å². The van der Waals surface area contributed by atoms with E-state index in [2.05, 4.69) is 13.8 Å². The Morgan fingerprint density at radius 3 is 1.83 bits per heavy atom. The third-order valence-corrected chi connectivity index (χ3v) is 7.49. The summed E-state index contributed by atoms with van der Waals surface area (Å²) in [6.45, 7) is 5.48. The van der Waals surface area contributed by atoms with Crippen LogP contribution in [0.15, 0.2) is 0 Å². The van der Waals surface area contributed by atoms with Crippen molar-refractivity contribution in [1.29, 1.82) is 0 Å². The van der Waals surface area contributed by atoms with E-state index in [0.29, 0.717) is 6.10 Å². The van der Waals surface area contributed by atoms with E-state index < -0.39 is 9.28 Å². The van der Waals surface area contributed by atoms with Crippen LogP contribution in [0.25, 0.3) is 0 Å². The highest BCUT2D eigenvalue weighted by Crippen LogP contribution is 2.17. The molecule has 1 fully saturated rings. The maximum Gasteiger partial charge on any atom is 0.321 e. The average Bonchev–Trinajstić information content (AvgIpc) is 2.60. The summed E-state index contributed by atoms with van der Waals surface area (Å²) in [6, 6.07) is 1.23. The van der Waals surface area contributed by atoms with Crippen molar-refractivity contribution in [3.63, 3.8) is 0 Å². The van der Waals surface area contributed by atoms with E-state index in [-0.39, 0.29) is 0 Å². The molecule has 144 valence electrons. The van der Waals surface area contributed by atoms with Crippen LogP contribution in [0.5, 0.6) is 0 Å². The molecular formula is C21H44O2Si. The molecule has 0 bridgehead atoms. The van der Waals surface area contributed by atoms with Gasteiger partial charge in [0.15, 0.2) is 0 Å². The smallest absolute Gasteiger partial charge is 0.321 e. The van der Waals surface area contributed by atoms with Crippen molar-refractivity contribution >= 4 is 9.28 Å². The maximum atomic E-state index is 6.11. The lowest BCUT2D eigenvalue weighted by atomic mass is 10.0. The van der Waals surface area contributed by atoms with Crippen LogP contribution in [-0.4, -0.2) is 22.0 Å². The molecule has 0 aromatic carbocycles. The van der Waals surface area contributed by atoms with Gasteiger partial charge in [-0.2, -0.15) is 0 Å². The Morgan fingerprint density at radius 2 is 1.33 bits per heavy atom. The Morgan fingerprint density at radius 1 is 0.792 bits per heavy atom. The van der Waals surface area contributed by atoms with Gasteiger partial charge in [-0.05, 0) is 32.2 Å². The molecule has 0 aromatic heterocycles. The third-order valence-electron chi connectivity index (χ3n) is 5.24. The summed E-state index contributed by atoms with van der Waals surface area (Å²) in [4.78, 5) is 0. The number of hydrogen-bond donors (Lipinski definition) is 0. The molecule has 1 aliphatic heterocycles. The fraction of sp³-hybridized carbons (Fsp3) is 1.00. The second kappa shape index (κ2) is 16.6. The van der Waals surface area contributed by atoms with Crippen molar-refractivity contribution in [3.8, 4) is 0 Å². The quantitative estimate of drug-likeness (QED) is 0.221. The first-order valence-electron chi connectivity index (χ1n) is 11.1. The fourth-order valence-electron chi connectivity index (χ4n) is 3.60. The summed E-state index contributed by atoms with van der Waals surface area (Å²) < 4.78 is 11.9. The highest BCUT2D eigenvalue weighted by molar-refractivity contribution is 6.44. The maximum absolute atomic E-state index is 6.11. The van der Waals surface area contributed by atoms with E-state index in [1.54, 1.807) is 0 Å². The molecular weight excluding hydrogens is 312 g/mol. The summed E-state index contributed by atoms with van der Waals surface area (Å²) in [5.74, 6) is 0. The molecule has 1 aliphatic rings. The predicted octanol–water partition coefficient (Wildman–Crippen LogP) is 6.90. The minimum absolute atomic E-state index is 0.424. The minimum atomic E-state index is -1.28. The van der Waals surface area contributed by atoms with Crippen LogP contribution in [-0.2, 0) is 8.85 Å². The van der Waals surface area contributed by atoms with E-state index in [1.807, 2.05) is 0 Å². The molecule has 1 heterocycles. The lowest BCUT2D eigenvalue weighted by Gasteiger charge is -2.24. The molecule has 0 radical (unpaired) electrons. The highest BCUT2D eigenvalue weighted by atomic mass is 28.3. The first-order chi connectivity index (χ1) is 11.8. The fourth-order valence-corrected chi connectivity index (χ4v) is 5.68. The Balaban J connectivity index is 1.75. The van der Waals surface area contributed by atoms with Gasteiger partial charge < -0.3 is 8.85 Å². The molecule has 0 amide bonds. The molecule has 1 saturated heterocycles. The van der Waals surface area contributed by atoms with Gasteiger partial charge in [0.2, 0.25) is 0 Å². The van der Waals surface area contributed by atoms with Crippen LogP contribution in [0.1, 0.15) is 117 Å². The molecule has 2 nitrogen and oxygen atoms in total. The Labute approximate surface area is 153 Å². The summed E-state index contributed by atoms with van der Waals surface area (Å²) >= 11 is 0. The largest absolute Gasteiger partial charge is 0.397 e. The third kappa shape index (κ3) is 13.4. The summed E-state index contributed by atoms with van der Waals surface area (Å²) in [5.41, 5.74) is 0.